The Kier molecular flexibility index (Phi) is 4.61. The van der Waals surface area contributed by atoms with Crippen LogP contribution < -0.4 is 0 Å². The van der Waals surface area contributed by atoms with Crippen LogP contribution in [0.5, 0.6) is 0 Å². The van der Waals surface area contributed by atoms with Crippen molar-refractivity contribution in [3.8, 4) is 0 Å². The Balaban J connectivity index is 1.83. The molecule has 0 bridgehead atoms. The Morgan fingerprint density at radius 3 is 2.45 bits per heavy atom. The van der Waals surface area contributed by atoms with Gasteiger partial charge in [0, 0.05) is 30.8 Å². The zero-order valence-corrected chi connectivity index (χ0v) is 12.3. The van der Waals surface area contributed by atoms with Crippen LogP contribution in [0.1, 0.15) is 21.5 Å². The van der Waals surface area contributed by atoms with Crippen LogP contribution in [0.3, 0.4) is 0 Å². The van der Waals surface area contributed by atoms with Gasteiger partial charge in [-0.1, -0.05) is 24.3 Å². The summed E-state index contributed by atoms with van der Waals surface area (Å²) in [5, 5.41) is 0. The van der Waals surface area contributed by atoms with Crippen LogP contribution in [0, 0.1) is 5.82 Å². The van der Waals surface area contributed by atoms with Gasteiger partial charge in [-0.15, -0.1) is 0 Å². The fourth-order valence-corrected chi connectivity index (χ4v) is 2.64. The molecule has 0 aliphatic carbocycles. The van der Waals surface area contributed by atoms with E-state index in [9.17, 15) is 9.18 Å². The highest BCUT2D eigenvalue weighted by Crippen LogP contribution is 2.17. The molecule has 1 heterocycles. The summed E-state index contributed by atoms with van der Waals surface area (Å²) in [5.74, 6) is -0.401. The minimum absolute atomic E-state index is 0.0659. The summed E-state index contributed by atoms with van der Waals surface area (Å²) in [6, 6.07) is 13.3. The Hall–Kier alpha value is -2.04. The fraction of sp³-hybridized carbons (Fsp3) is 0.278. The molecule has 0 unspecified atom stereocenters. The first kappa shape index (κ1) is 14.9. The number of ether oxygens (including phenoxy) is 1. The van der Waals surface area contributed by atoms with Crippen LogP contribution in [-0.2, 0) is 11.3 Å². The second-order valence-electron chi connectivity index (χ2n) is 5.38. The van der Waals surface area contributed by atoms with Crippen LogP contribution in [0.15, 0.2) is 48.5 Å². The maximum Gasteiger partial charge on any atom is 0.193 e. The number of hydrogen-bond acceptors (Lipinski definition) is 3. The molecule has 2 aromatic rings. The third-order valence-corrected chi connectivity index (χ3v) is 3.87. The highest BCUT2D eigenvalue weighted by molar-refractivity contribution is 6.09. The molecule has 2 aromatic carbocycles. The van der Waals surface area contributed by atoms with Crippen LogP contribution in [-0.4, -0.2) is 37.0 Å². The van der Waals surface area contributed by atoms with E-state index in [1.165, 1.54) is 24.3 Å². The molecule has 0 spiro atoms. The van der Waals surface area contributed by atoms with Gasteiger partial charge in [-0.05, 0) is 29.8 Å². The van der Waals surface area contributed by atoms with Crippen molar-refractivity contribution >= 4 is 5.78 Å². The van der Waals surface area contributed by atoms with Crippen molar-refractivity contribution in [1.82, 2.24) is 4.90 Å². The number of carbonyl (C=O) groups excluding carboxylic acids is 1. The monoisotopic (exact) mass is 299 g/mol. The summed E-state index contributed by atoms with van der Waals surface area (Å²) in [6.07, 6.45) is 0. The molecule has 0 N–H and O–H groups in total. The van der Waals surface area contributed by atoms with Gasteiger partial charge in [0.15, 0.2) is 5.78 Å². The summed E-state index contributed by atoms with van der Waals surface area (Å²) < 4.78 is 18.4. The average molecular weight is 299 g/mol. The van der Waals surface area contributed by atoms with Crippen molar-refractivity contribution in [3.63, 3.8) is 0 Å². The molecule has 3 rings (SSSR count). The van der Waals surface area contributed by atoms with Gasteiger partial charge in [0.1, 0.15) is 5.82 Å². The summed E-state index contributed by atoms with van der Waals surface area (Å²) >= 11 is 0. The molecule has 3 nitrogen and oxygen atoms in total. The smallest absolute Gasteiger partial charge is 0.193 e. The van der Waals surface area contributed by atoms with E-state index in [0.29, 0.717) is 11.1 Å². The van der Waals surface area contributed by atoms with Crippen LogP contribution >= 0.6 is 0 Å². The van der Waals surface area contributed by atoms with Gasteiger partial charge in [0.2, 0.25) is 0 Å². The van der Waals surface area contributed by atoms with E-state index >= 15 is 0 Å². The number of morpholine rings is 1. The van der Waals surface area contributed by atoms with Gasteiger partial charge >= 0.3 is 0 Å². The van der Waals surface area contributed by atoms with Crippen molar-refractivity contribution in [3.05, 3.63) is 71.0 Å². The lowest BCUT2D eigenvalue weighted by molar-refractivity contribution is 0.0341. The number of carbonyl (C=O) groups is 1. The average Bonchev–Trinajstić information content (AvgIpc) is 2.56. The molecule has 22 heavy (non-hydrogen) atoms. The number of halogens is 1. The van der Waals surface area contributed by atoms with Gasteiger partial charge < -0.3 is 4.74 Å². The maximum absolute atomic E-state index is 13.0. The number of benzene rings is 2. The molecule has 4 heteroatoms. The van der Waals surface area contributed by atoms with Gasteiger partial charge in [0.25, 0.3) is 0 Å². The Labute approximate surface area is 129 Å². The molecule has 0 amide bonds. The van der Waals surface area contributed by atoms with Gasteiger partial charge in [-0.2, -0.15) is 0 Å². The van der Waals surface area contributed by atoms with E-state index < -0.39 is 0 Å². The molecule has 0 aromatic heterocycles. The maximum atomic E-state index is 13.0. The molecule has 114 valence electrons. The molecule has 1 fully saturated rings. The number of hydrogen-bond donors (Lipinski definition) is 0. The zero-order chi connectivity index (χ0) is 15.4. The highest BCUT2D eigenvalue weighted by atomic mass is 19.1. The quantitative estimate of drug-likeness (QED) is 0.813. The number of rotatable bonds is 4. The van der Waals surface area contributed by atoms with E-state index in [-0.39, 0.29) is 11.6 Å². The van der Waals surface area contributed by atoms with Gasteiger partial charge in [0.05, 0.1) is 13.2 Å². The lowest BCUT2D eigenvalue weighted by atomic mass is 9.98. The SMILES string of the molecule is O=C(c1ccc(F)cc1)c1ccccc1CN1CCOCC1. The predicted octanol–water partition coefficient (Wildman–Crippen LogP) is 2.89. The molecule has 0 radical (unpaired) electrons. The van der Waals surface area contributed by atoms with Crippen molar-refractivity contribution in [2.24, 2.45) is 0 Å². The third-order valence-electron chi connectivity index (χ3n) is 3.87. The topological polar surface area (TPSA) is 29.5 Å². The molecule has 1 aliphatic rings. The number of ketones is 1. The first-order chi connectivity index (χ1) is 10.7. The van der Waals surface area contributed by atoms with Crippen molar-refractivity contribution < 1.29 is 13.9 Å². The van der Waals surface area contributed by atoms with Crippen molar-refractivity contribution in [1.29, 1.82) is 0 Å². The molecule has 0 saturated carbocycles. The summed E-state index contributed by atoms with van der Waals surface area (Å²) in [7, 11) is 0. The van der Waals surface area contributed by atoms with Crippen molar-refractivity contribution in [2.75, 3.05) is 26.3 Å². The normalized spacial score (nSPS) is 15.7. The van der Waals surface area contributed by atoms with E-state index in [0.717, 1.165) is 38.4 Å². The Morgan fingerprint density at radius 1 is 1.05 bits per heavy atom. The summed E-state index contributed by atoms with van der Waals surface area (Å²) in [6.45, 7) is 3.94. The van der Waals surface area contributed by atoms with Gasteiger partial charge in [-0.3, -0.25) is 9.69 Å². The largest absolute Gasteiger partial charge is 0.379 e. The molecule has 1 aliphatic heterocycles. The van der Waals surface area contributed by atoms with Crippen LogP contribution in [0.2, 0.25) is 0 Å². The fourth-order valence-electron chi connectivity index (χ4n) is 2.64. The molecular weight excluding hydrogens is 281 g/mol. The van der Waals surface area contributed by atoms with E-state index in [1.807, 2.05) is 24.3 Å². The van der Waals surface area contributed by atoms with E-state index in [1.54, 1.807) is 0 Å². The highest BCUT2D eigenvalue weighted by Gasteiger charge is 2.17. The lowest BCUT2D eigenvalue weighted by Gasteiger charge is -2.27. The van der Waals surface area contributed by atoms with Crippen LogP contribution in [0.25, 0.3) is 0 Å². The molecule has 0 atom stereocenters. The second-order valence-corrected chi connectivity index (χ2v) is 5.38. The second kappa shape index (κ2) is 6.81. The third kappa shape index (κ3) is 3.40. The standard InChI is InChI=1S/C18H18FNO2/c19-16-7-5-14(6-8-16)18(21)17-4-2-1-3-15(17)13-20-9-11-22-12-10-20/h1-8H,9-13H2. The first-order valence-corrected chi connectivity index (χ1v) is 7.42. The Bertz CT molecular complexity index is 648. The minimum Gasteiger partial charge on any atom is -0.379 e. The predicted molar refractivity (Wildman–Crippen MR) is 82.4 cm³/mol. The van der Waals surface area contributed by atoms with E-state index in [4.69, 9.17) is 4.74 Å². The summed E-state index contributed by atoms with van der Waals surface area (Å²) in [5.41, 5.74) is 2.19. The minimum atomic E-state index is -0.335. The number of nitrogens with zero attached hydrogens (tertiary/aromatic N) is 1. The lowest BCUT2D eigenvalue weighted by Crippen LogP contribution is -2.36. The van der Waals surface area contributed by atoms with Crippen LogP contribution in [0.4, 0.5) is 4.39 Å². The van der Waals surface area contributed by atoms with Crippen molar-refractivity contribution in [2.45, 2.75) is 6.54 Å². The Morgan fingerprint density at radius 2 is 1.73 bits per heavy atom. The zero-order valence-electron chi connectivity index (χ0n) is 12.3. The van der Waals surface area contributed by atoms with Gasteiger partial charge in [-0.25, -0.2) is 4.39 Å². The summed E-state index contributed by atoms with van der Waals surface area (Å²) in [4.78, 5) is 14.9. The molecular formula is C18H18FNO2. The first-order valence-electron chi connectivity index (χ1n) is 7.42. The molecule has 1 saturated heterocycles. The van der Waals surface area contributed by atoms with E-state index in [2.05, 4.69) is 4.90 Å².